The first-order valence-electron chi connectivity index (χ1n) is 5.74. The third-order valence-electron chi connectivity index (χ3n) is 2.78. The second kappa shape index (κ2) is 6.34. The van der Waals surface area contributed by atoms with Crippen molar-refractivity contribution in [3.63, 3.8) is 0 Å². The minimum absolute atomic E-state index is 0.0583. The summed E-state index contributed by atoms with van der Waals surface area (Å²) in [5.74, 6) is 0.300. The van der Waals surface area contributed by atoms with E-state index < -0.39 is 6.04 Å². The fourth-order valence-electron chi connectivity index (χ4n) is 1.71. The summed E-state index contributed by atoms with van der Waals surface area (Å²) in [5.41, 5.74) is 5.83. The predicted octanol–water partition coefficient (Wildman–Crippen LogP) is -0.905. The fourth-order valence-corrected chi connectivity index (χ4v) is 1.71. The Labute approximate surface area is 101 Å². The van der Waals surface area contributed by atoms with Crippen molar-refractivity contribution < 1.29 is 9.59 Å². The summed E-state index contributed by atoms with van der Waals surface area (Å²) in [4.78, 5) is 29.9. The van der Waals surface area contributed by atoms with Crippen molar-refractivity contribution in [3.05, 3.63) is 0 Å². The zero-order valence-corrected chi connectivity index (χ0v) is 10.4. The summed E-state index contributed by atoms with van der Waals surface area (Å²) in [7, 11) is 2.05. The van der Waals surface area contributed by atoms with Gasteiger partial charge in [-0.1, -0.05) is 0 Å². The van der Waals surface area contributed by atoms with Crippen LogP contribution in [0, 0.1) is 0 Å². The highest BCUT2D eigenvalue weighted by Gasteiger charge is 2.17. The van der Waals surface area contributed by atoms with E-state index in [0.29, 0.717) is 12.2 Å². The number of nitrogens with zero attached hydrogens (tertiary/aromatic N) is 3. The molecule has 1 heterocycles. The Bertz CT molecular complexity index is 309. The van der Waals surface area contributed by atoms with Crippen LogP contribution < -0.4 is 5.73 Å². The van der Waals surface area contributed by atoms with Crippen LogP contribution in [0.4, 0.5) is 0 Å². The van der Waals surface area contributed by atoms with Gasteiger partial charge in [0.1, 0.15) is 18.1 Å². The molecule has 1 aliphatic heterocycles. The molecule has 0 bridgehead atoms. The van der Waals surface area contributed by atoms with E-state index in [1.54, 1.807) is 0 Å². The van der Waals surface area contributed by atoms with Crippen molar-refractivity contribution >= 4 is 18.0 Å². The summed E-state index contributed by atoms with van der Waals surface area (Å²) < 4.78 is 0. The molecule has 1 atom stereocenters. The smallest absolute Gasteiger partial charge is 0.192 e. The number of likely N-dealkylation sites (N-methyl/N-ethyl adjacent to an activating group) is 1. The maximum atomic E-state index is 10.9. The topological polar surface area (TPSA) is 79.0 Å². The molecule has 0 aromatic rings. The van der Waals surface area contributed by atoms with Crippen molar-refractivity contribution in [1.82, 2.24) is 9.80 Å². The van der Waals surface area contributed by atoms with Crippen molar-refractivity contribution in [2.75, 3.05) is 33.2 Å². The van der Waals surface area contributed by atoms with E-state index in [2.05, 4.69) is 16.9 Å². The minimum atomic E-state index is -0.646. The number of aliphatic imine (C=N–C) groups is 1. The number of ketones is 1. The van der Waals surface area contributed by atoms with E-state index in [4.69, 9.17) is 5.73 Å². The Kier molecular flexibility index (Phi) is 5.09. The summed E-state index contributed by atoms with van der Waals surface area (Å²) in [5, 5.41) is 0. The highest BCUT2D eigenvalue weighted by Crippen LogP contribution is 2.01. The molecule has 17 heavy (non-hydrogen) atoms. The number of hydrogen-bond acceptors (Lipinski definition) is 4. The van der Waals surface area contributed by atoms with Gasteiger partial charge in [-0.15, -0.1) is 0 Å². The molecule has 0 radical (unpaired) electrons. The van der Waals surface area contributed by atoms with Gasteiger partial charge in [0.15, 0.2) is 5.96 Å². The first-order chi connectivity index (χ1) is 8.02. The van der Waals surface area contributed by atoms with Crippen LogP contribution in [0.5, 0.6) is 0 Å². The number of piperazine rings is 1. The molecule has 1 fully saturated rings. The molecule has 1 saturated heterocycles. The third kappa shape index (κ3) is 4.52. The molecule has 0 aromatic carbocycles. The molecular weight excluding hydrogens is 220 g/mol. The van der Waals surface area contributed by atoms with E-state index in [-0.39, 0.29) is 12.2 Å². The number of Topliss-reactive ketones (excluding diaryl/α,β-unsaturated/α-hetero) is 1. The van der Waals surface area contributed by atoms with Crippen molar-refractivity contribution in [2.45, 2.75) is 19.4 Å². The Hall–Kier alpha value is -1.43. The van der Waals surface area contributed by atoms with Crippen molar-refractivity contribution in [1.29, 1.82) is 0 Å². The molecule has 0 spiro atoms. The van der Waals surface area contributed by atoms with E-state index >= 15 is 0 Å². The molecular formula is C11H20N4O2. The highest BCUT2D eigenvalue weighted by atomic mass is 16.1. The number of hydrogen-bond donors (Lipinski definition) is 1. The van der Waals surface area contributed by atoms with Gasteiger partial charge in [0.25, 0.3) is 0 Å². The summed E-state index contributed by atoms with van der Waals surface area (Å²) >= 11 is 0. The fraction of sp³-hybridized carbons (Fsp3) is 0.727. The molecule has 96 valence electrons. The molecule has 6 heteroatoms. The number of guanidine groups is 1. The quantitative estimate of drug-likeness (QED) is 0.391. The van der Waals surface area contributed by atoms with Crippen LogP contribution in [-0.2, 0) is 9.59 Å². The van der Waals surface area contributed by atoms with Gasteiger partial charge in [-0.25, -0.2) is 4.99 Å². The Morgan fingerprint density at radius 2 is 2.00 bits per heavy atom. The van der Waals surface area contributed by atoms with Gasteiger partial charge in [0.05, 0.1) is 0 Å². The number of rotatable bonds is 4. The molecule has 1 aliphatic rings. The lowest BCUT2D eigenvalue weighted by molar-refractivity contribution is -0.119. The second-order valence-electron chi connectivity index (χ2n) is 4.39. The summed E-state index contributed by atoms with van der Waals surface area (Å²) in [6.45, 7) is 4.90. The SMILES string of the molecule is CC(=O)CC(C=O)N=C(N)N1CCN(C)CC1. The Morgan fingerprint density at radius 3 is 2.47 bits per heavy atom. The molecule has 0 amide bonds. The summed E-state index contributed by atoms with van der Waals surface area (Å²) in [6, 6.07) is -0.646. The van der Waals surface area contributed by atoms with Crippen LogP contribution in [0.15, 0.2) is 4.99 Å². The van der Waals surface area contributed by atoms with Gasteiger partial charge in [-0.3, -0.25) is 4.79 Å². The zero-order valence-electron chi connectivity index (χ0n) is 10.4. The molecule has 6 nitrogen and oxygen atoms in total. The molecule has 0 saturated carbocycles. The van der Waals surface area contributed by atoms with Gasteiger partial charge < -0.3 is 20.3 Å². The van der Waals surface area contributed by atoms with Gasteiger partial charge >= 0.3 is 0 Å². The van der Waals surface area contributed by atoms with Crippen LogP contribution in [0.2, 0.25) is 0 Å². The van der Waals surface area contributed by atoms with Gasteiger partial charge in [-0.05, 0) is 14.0 Å². The normalized spacial score (nSPS) is 20.1. The molecule has 1 unspecified atom stereocenters. The first kappa shape index (κ1) is 13.6. The van der Waals surface area contributed by atoms with Gasteiger partial charge in [0.2, 0.25) is 0 Å². The lowest BCUT2D eigenvalue weighted by Crippen LogP contribution is -2.50. The number of carbonyl (C=O) groups excluding carboxylic acids is 2. The number of nitrogens with two attached hydrogens (primary N) is 1. The van der Waals surface area contributed by atoms with E-state index in [0.717, 1.165) is 26.2 Å². The van der Waals surface area contributed by atoms with Crippen LogP contribution in [0.3, 0.4) is 0 Å². The largest absolute Gasteiger partial charge is 0.370 e. The standard InChI is InChI=1S/C11H20N4O2/c1-9(17)7-10(8-16)13-11(12)15-5-3-14(2)4-6-15/h8,10H,3-7H2,1-2H3,(H2,12,13). The van der Waals surface area contributed by atoms with E-state index in [9.17, 15) is 9.59 Å². The molecule has 0 aromatic heterocycles. The van der Waals surface area contributed by atoms with Gasteiger partial charge in [0, 0.05) is 32.6 Å². The molecule has 1 rings (SSSR count). The Morgan fingerprint density at radius 1 is 1.41 bits per heavy atom. The van der Waals surface area contributed by atoms with Crippen molar-refractivity contribution in [2.24, 2.45) is 10.7 Å². The molecule has 2 N–H and O–H groups in total. The van der Waals surface area contributed by atoms with Crippen LogP contribution in [0.1, 0.15) is 13.3 Å². The zero-order chi connectivity index (χ0) is 12.8. The van der Waals surface area contributed by atoms with Crippen LogP contribution in [-0.4, -0.2) is 67.1 Å². The first-order valence-corrected chi connectivity index (χ1v) is 5.74. The number of aldehydes is 1. The molecule has 0 aliphatic carbocycles. The van der Waals surface area contributed by atoms with Crippen molar-refractivity contribution in [3.8, 4) is 0 Å². The predicted molar refractivity (Wildman–Crippen MR) is 65.8 cm³/mol. The monoisotopic (exact) mass is 240 g/mol. The third-order valence-corrected chi connectivity index (χ3v) is 2.78. The maximum absolute atomic E-state index is 10.9. The highest BCUT2D eigenvalue weighted by molar-refractivity contribution is 5.84. The summed E-state index contributed by atoms with van der Waals surface area (Å²) in [6.07, 6.45) is 0.794. The van der Waals surface area contributed by atoms with E-state index in [1.807, 2.05) is 4.90 Å². The lowest BCUT2D eigenvalue weighted by atomic mass is 10.2. The second-order valence-corrected chi connectivity index (χ2v) is 4.39. The van der Waals surface area contributed by atoms with Crippen LogP contribution in [0.25, 0.3) is 0 Å². The number of carbonyl (C=O) groups is 2. The lowest BCUT2D eigenvalue weighted by Gasteiger charge is -2.33. The maximum Gasteiger partial charge on any atom is 0.192 e. The average Bonchev–Trinajstić information content (AvgIpc) is 2.28. The average molecular weight is 240 g/mol. The van der Waals surface area contributed by atoms with E-state index in [1.165, 1.54) is 6.92 Å². The minimum Gasteiger partial charge on any atom is -0.370 e. The Balaban J connectivity index is 2.57. The van der Waals surface area contributed by atoms with Gasteiger partial charge in [-0.2, -0.15) is 0 Å². The van der Waals surface area contributed by atoms with Crippen LogP contribution >= 0.6 is 0 Å².